The minimum absolute atomic E-state index is 1.03. The Morgan fingerprint density at radius 1 is 1.29 bits per heavy atom. The zero-order valence-electron chi connectivity index (χ0n) is 10.8. The van der Waals surface area contributed by atoms with Crippen LogP contribution in [0.2, 0.25) is 0 Å². The minimum atomic E-state index is 1.03. The summed E-state index contributed by atoms with van der Waals surface area (Å²) in [6, 6.07) is 4.64. The summed E-state index contributed by atoms with van der Waals surface area (Å²) >= 11 is 0. The molecule has 2 aliphatic heterocycles. The number of nitrogens with one attached hydrogen (secondary N) is 1. The maximum atomic E-state index is 3.50. The monoisotopic (exact) mass is 231 g/mol. The summed E-state index contributed by atoms with van der Waals surface area (Å²) in [5.41, 5.74) is 6.13. The first-order chi connectivity index (χ1) is 8.25. The van der Waals surface area contributed by atoms with E-state index in [1.807, 2.05) is 0 Å². The third-order valence-electron chi connectivity index (χ3n) is 3.77. The molecule has 0 atom stereocenters. The van der Waals surface area contributed by atoms with Gasteiger partial charge in [-0.1, -0.05) is 12.1 Å². The van der Waals surface area contributed by atoms with Crippen molar-refractivity contribution < 1.29 is 0 Å². The lowest BCUT2D eigenvalue weighted by Gasteiger charge is -2.20. The smallest absolute Gasteiger partial charge is 0.0448 e. The van der Waals surface area contributed by atoms with Crippen molar-refractivity contribution in [3.8, 4) is 0 Å². The predicted molar refractivity (Wildman–Crippen MR) is 71.5 cm³/mol. The SMILES string of the molecule is CN(C)Cc1ccc2c3c1CCN3CCNC2. The summed E-state index contributed by atoms with van der Waals surface area (Å²) in [6.07, 6.45) is 1.23. The van der Waals surface area contributed by atoms with Gasteiger partial charge in [-0.05, 0) is 37.2 Å². The zero-order chi connectivity index (χ0) is 11.8. The lowest BCUT2D eigenvalue weighted by atomic mass is 10.0. The number of benzene rings is 1. The molecule has 1 aromatic rings. The van der Waals surface area contributed by atoms with E-state index in [1.165, 1.54) is 29.8 Å². The first-order valence-electron chi connectivity index (χ1n) is 6.50. The third-order valence-corrected chi connectivity index (χ3v) is 3.77. The van der Waals surface area contributed by atoms with Crippen molar-refractivity contribution in [1.82, 2.24) is 10.2 Å². The Balaban J connectivity index is 2.04. The van der Waals surface area contributed by atoms with Crippen LogP contribution in [0.25, 0.3) is 0 Å². The Kier molecular flexibility index (Phi) is 2.81. The lowest BCUT2D eigenvalue weighted by molar-refractivity contribution is 0.401. The highest BCUT2D eigenvalue weighted by atomic mass is 15.2. The summed E-state index contributed by atoms with van der Waals surface area (Å²) in [4.78, 5) is 4.82. The highest BCUT2D eigenvalue weighted by Crippen LogP contribution is 2.35. The molecule has 0 saturated carbocycles. The quantitative estimate of drug-likeness (QED) is 0.825. The van der Waals surface area contributed by atoms with Crippen LogP contribution in [0, 0.1) is 0 Å². The molecule has 0 amide bonds. The van der Waals surface area contributed by atoms with Crippen molar-refractivity contribution >= 4 is 5.69 Å². The molecule has 0 spiro atoms. The van der Waals surface area contributed by atoms with E-state index in [4.69, 9.17) is 0 Å². The van der Waals surface area contributed by atoms with Gasteiger partial charge in [0.25, 0.3) is 0 Å². The van der Waals surface area contributed by atoms with Gasteiger partial charge in [-0.25, -0.2) is 0 Å². The van der Waals surface area contributed by atoms with E-state index in [0.29, 0.717) is 0 Å². The highest BCUT2D eigenvalue weighted by Gasteiger charge is 2.26. The zero-order valence-corrected chi connectivity index (χ0v) is 10.8. The Labute approximate surface area is 103 Å². The summed E-state index contributed by atoms with van der Waals surface area (Å²) in [6.45, 7) is 5.56. The molecule has 3 nitrogen and oxygen atoms in total. The van der Waals surface area contributed by atoms with Gasteiger partial charge in [-0.15, -0.1) is 0 Å². The average Bonchev–Trinajstić information content (AvgIpc) is 2.60. The Morgan fingerprint density at radius 3 is 3.00 bits per heavy atom. The molecule has 0 saturated heterocycles. The fourth-order valence-electron chi connectivity index (χ4n) is 3.05. The second-order valence-corrected chi connectivity index (χ2v) is 5.36. The molecule has 3 rings (SSSR count). The fourth-order valence-corrected chi connectivity index (χ4v) is 3.05. The summed E-state index contributed by atoms with van der Waals surface area (Å²) in [5.74, 6) is 0. The maximum Gasteiger partial charge on any atom is 0.0448 e. The predicted octanol–water partition coefficient (Wildman–Crippen LogP) is 1.21. The Hall–Kier alpha value is -1.06. The molecular weight excluding hydrogens is 210 g/mol. The molecule has 1 aromatic carbocycles. The molecule has 0 radical (unpaired) electrons. The fraction of sp³-hybridized carbons (Fsp3) is 0.571. The molecule has 1 N–H and O–H groups in total. The van der Waals surface area contributed by atoms with Crippen LogP contribution in [0.4, 0.5) is 5.69 Å². The Morgan fingerprint density at radius 2 is 2.18 bits per heavy atom. The number of hydrogen-bond acceptors (Lipinski definition) is 3. The van der Waals surface area contributed by atoms with Crippen molar-refractivity contribution in [2.75, 3.05) is 38.6 Å². The largest absolute Gasteiger partial charge is 0.369 e. The second kappa shape index (κ2) is 4.31. The second-order valence-electron chi connectivity index (χ2n) is 5.36. The van der Waals surface area contributed by atoms with E-state index in [1.54, 1.807) is 5.56 Å². The molecule has 92 valence electrons. The molecule has 0 bridgehead atoms. The van der Waals surface area contributed by atoms with E-state index in [0.717, 1.165) is 26.2 Å². The number of hydrogen-bond donors (Lipinski definition) is 1. The van der Waals surface area contributed by atoms with Crippen molar-refractivity contribution in [2.45, 2.75) is 19.5 Å². The van der Waals surface area contributed by atoms with Crippen molar-refractivity contribution in [1.29, 1.82) is 0 Å². The van der Waals surface area contributed by atoms with Crippen molar-refractivity contribution in [3.63, 3.8) is 0 Å². The van der Waals surface area contributed by atoms with Crippen molar-refractivity contribution in [2.24, 2.45) is 0 Å². The molecule has 0 aromatic heterocycles. The van der Waals surface area contributed by atoms with Gasteiger partial charge in [0.1, 0.15) is 0 Å². The van der Waals surface area contributed by atoms with Crippen LogP contribution in [-0.2, 0) is 19.5 Å². The van der Waals surface area contributed by atoms with E-state index >= 15 is 0 Å². The third kappa shape index (κ3) is 1.94. The van der Waals surface area contributed by atoms with Gasteiger partial charge in [0.2, 0.25) is 0 Å². The molecule has 0 fully saturated rings. The average molecular weight is 231 g/mol. The first kappa shape index (κ1) is 11.1. The van der Waals surface area contributed by atoms with Crippen LogP contribution in [0.15, 0.2) is 12.1 Å². The summed E-state index contributed by atoms with van der Waals surface area (Å²) < 4.78 is 0. The maximum absolute atomic E-state index is 3.50. The van der Waals surface area contributed by atoms with Gasteiger partial charge < -0.3 is 15.1 Å². The molecule has 0 aliphatic carbocycles. The number of rotatable bonds is 2. The van der Waals surface area contributed by atoms with E-state index in [2.05, 4.69) is 41.3 Å². The van der Waals surface area contributed by atoms with Gasteiger partial charge in [0, 0.05) is 38.4 Å². The summed E-state index contributed by atoms with van der Waals surface area (Å²) in [5, 5.41) is 3.50. The highest BCUT2D eigenvalue weighted by molar-refractivity contribution is 5.66. The topological polar surface area (TPSA) is 18.5 Å². The lowest BCUT2D eigenvalue weighted by Crippen LogP contribution is -2.27. The molecule has 3 heteroatoms. The molecule has 0 unspecified atom stereocenters. The van der Waals surface area contributed by atoms with Crippen molar-refractivity contribution in [3.05, 3.63) is 28.8 Å². The normalized spacial score (nSPS) is 18.4. The van der Waals surface area contributed by atoms with Gasteiger partial charge in [-0.3, -0.25) is 0 Å². The van der Waals surface area contributed by atoms with Gasteiger partial charge in [0.15, 0.2) is 0 Å². The van der Waals surface area contributed by atoms with Crippen LogP contribution >= 0.6 is 0 Å². The molecular formula is C14H21N3. The Bertz CT molecular complexity index is 426. The van der Waals surface area contributed by atoms with Gasteiger partial charge >= 0.3 is 0 Å². The van der Waals surface area contributed by atoms with Gasteiger partial charge in [-0.2, -0.15) is 0 Å². The number of anilines is 1. The summed E-state index contributed by atoms with van der Waals surface area (Å²) in [7, 11) is 4.29. The van der Waals surface area contributed by atoms with Crippen LogP contribution in [0.1, 0.15) is 16.7 Å². The molecule has 17 heavy (non-hydrogen) atoms. The molecule has 2 heterocycles. The van der Waals surface area contributed by atoms with Crippen LogP contribution < -0.4 is 10.2 Å². The van der Waals surface area contributed by atoms with E-state index in [9.17, 15) is 0 Å². The van der Waals surface area contributed by atoms with E-state index in [-0.39, 0.29) is 0 Å². The standard InChI is InChI=1S/C14H21N3/c1-16(2)10-12-4-3-11-9-15-6-8-17-7-5-13(12)14(11)17/h3-4,15H,5-10H2,1-2H3. The molecule has 2 aliphatic rings. The van der Waals surface area contributed by atoms with E-state index < -0.39 is 0 Å². The van der Waals surface area contributed by atoms with Crippen LogP contribution in [0.5, 0.6) is 0 Å². The van der Waals surface area contributed by atoms with Gasteiger partial charge in [0.05, 0.1) is 0 Å². The van der Waals surface area contributed by atoms with Crippen LogP contribution in [0.3, 0.4) is 0 Å². The first-order valence-corrected chi connectivity index (χ1v) is 6.50. The minimum Gasteiger partial charge on any atom is -0.369 e. The number of nitrogens with zero attached hydrogens (tertiary/aromatic N) is 2. The van der Waals surface area contributed by atoms with Crippen LogP contribution in [-0.4, -0.2) is 38.6 Å².